The summed E-state index contributed by atoms with van der Waals surface area (Å²) in [5.41, 5.74) is 6.54. The van der Waals surface area contributed by atoms with Gasteiger partial charge in [0.05, 0.1) is 18.8 Å². The minimum Gasteiger partial charge on any atom is -0.392 e. The molecule has 0 saturated heterocycles. The molecule has 0 saturated carbocycles. The Hall–Kier alpha value is -1.98. The van der Waals surface area contributed by atoms with Gasteiger partial charge in [0.2, 0.25) is 11.8 Å². The zero-order valence-corrected chi connectivity index (χ0v) is 10.2. The number of carbonyl (C=O) groups excluding carboxylic acids is 2. The maximum Gasteiger partial charge on any atom is 0.247 e. The van der Waals surface area contributed by atoms with Crippen LogP contribution in [-0.4, -0.2) is 30.1 Å². The van der Waals surface area contributed by atoms with E-state index in [1.54, 1.807) is 36.4 Å². The summed E-state index contributed by atoms with van der Waals surface area (Å²) < 4.78 is 0. The van der Waals surface area contributed by atoms with E-state index >= 15 is 0 Å². The van der Waals surface area contributed by atoms with Crippen molar-refractivity contribution in [2.75, 3.05) is 18.1 Å². The molecule has 0 aromatic heterocycles. The topological polar surface area (TPSA) is 83.6 Å². The Balaban J connectivity index is 3.09. The second-order valence-corrected chi connectivity index (χ2v) is 3.63. The van der Waals surface area contributed by atoms with Gasteiger partial charge in [-0.2, -0.15) is 0 Å². The molecule has 0 aliphatic heterocycles. The summed E-state index contributed by atoms with van der Waals surface area (Å²) in [6.45, 7) is 1.02. The van der Waals surface area contributed by atoms with E-state index < -0.39 is 5.91 Å². The van der Waals surface area contributed by atoms with Crippen molar-refractivity contribution in [2.24, 2.45) is 5.73 Å². The van der Waals surface area contributed by atoms with Crippen LogP contribution >= 0.6 is 0 Å². The Morgan fingerprint density at radius 1 is 1.44 bits per heavy atom. The van der Waals surface area contributed by atoms with Gasteiger partial charge in [0, 0.05) is 6.92 Å². The molecule has 0 radical (unpaired) electrons. The third kappa shape index (κ3) is 3.51. The van der Waals surface area contributed by atoms with Crippen LogP contribution in [0.4, 0.5) is 5.69 Å². The SMILES string of the molecule is CC(=O)N(C(=O)CN)c1cccc(C=CCO)c1. The Bertz CT molecular complexity index is 469. The number of rotatable bonds is 4. The predicted molar refractivity (Wildman–Crippen MR) is 69.8 cm³/mol. The molecule has 0 heterocycles. The molecule has 0 atom stereocenters. The van der Waals surface area contributed by atoms with Crippen molar-refractivity contribution in [3.8, 4) is 0 Å². The smallest absolute Gasteiger partial charge is 0.247 e. The standard InChI is InChI=1S/C13H16N2O3/c1-10(17)15(13(18)9-14)12-6-2-4-11(8-12)5-3-7-16/h2-6,8,16H,7,9,14H2,1H3. The van der Waals surface area contributed by atoms with Crippen LogP contribution in [0.25, 0.3) is 6.08 Å². The molecule has 0 bridgehead atoms. The minimum absolute atomic E-state index is 0.0671. The Labute approximate surface area is 106 Å². The fraction of sp³-hybridized carbons (Fsp3) is 0.231. The van der Waals surface area contributed by atoms with E-state index in [1.807, 2.05) is 0 Å². The molecule has 1 aromatic rings. The molecule has 18 heavy (non-hydrogen) atoms. The molecule has 5 nitrogen and oxygen atoms in total. The fourth-order valence-corrected chi connectivity index (χ4v) is 1.55. The number of carbonyl (C=O) groups is 2. The minimum atomic E-state index is -0.453. The number of benzene rings is 1. The molecule has 3 N–H and O–H groups in total. The molecule has 0 fully saturated rings. The number of anilines is 1. The second kappa shape index (κ2) is 6.68. The van der Waals surface area contributed by atoms with Crippen molar-refractivity contribution < 1.29 is 14.7 Å². The van der Waals surface area contributed by atoms with Crippen LogP contribution in [0.5, 0.6) is 0 Å². The van der Waals surface area contributed by atoms with Gasteiger partial charge in [0.25, 0.3) is 0 Å². The van der Waals surface area contributed by atoms with Crippen LogP contribution in [0.2, 0.25) is 0 Å². The van der Waals surface area contributed by atoms with Gasteiger partial charge in [0.1, 0.15) is 0 Å². The van der Waals surface area contributed by atoms with E-state index in [1.165, 1.54) is 6.92 Å². The molecule has 0 aliphatic rings. The van der Waals surface area contributed by atoms with Crippen LogP contribution in [0.3, 0.4) is 0 Å². The number of hydrogen-bond donors (Lipinski definition) is 2. The van der Waals surface area contributed by atoms with Gasteiger partial charge in [-0.05, 0) is 17.7 Å². The van der Waals surface area contributed by atoms with Crippen molar-refractivity contribution >= 4 is 23.6 Å². The molecule has 1 aromatic carbocycles. The van der Waals surface area contributed by atoms with E-state index in [4.69, 9.17) is 10.8 Å². The zero-order chi connectivity index (χ0) is 13.5. The first-order valence-electron chi connectivity index (χ1n) is 5.51. The number of nitrogens with two attached hydrogens (primary N) is 1. The zero-order valence-electron chi connectivity index (χ0n) is 10.2. The summed E-state index contributed by atoms with van der Waals surface area (Å²) in [7, 11) is 0. The molecule has 0 unspecified atom stereocenters. The number of aliphatic hydroxyl groups excluding tert-OH is 1. The predicted octanol–water partition coefficient (Wildman–Crippen LogP) is 0.530. The summed E-state index contributed by atoms with van der Waals surface area (Å²) in [6.07, 6.45) is 3.27. The Morgan fingerprint density at radius 2 is 2.17 bits per heavy atom. The Morgan fingerprint density at radius 3 is 2.72 bits per heavy atom. The fourth-order valence-electron chi connectivity index (χ4n) is 1.55. The molecular formula is C13H16N2O3. The lowest BCUT2D eigenvalue weighted by Crippen LogP contribution is -2.39. The van der Waals surface area contributed by atoms with E-state index in [-0.39, 0.29) is 19.1 Å². The average Bonchev–Trinajstić information content (AvgIpc) is 2.36. The van der Waals surface area contributed by atoms with Crippen LogP contribution in [0, 0.1) is 0 Å². The van der Waals surface area contributed by atoms with Gasteiger partial charge >= 0.3 is 0 Å². The second-order valence-electron chi connectivity index (χ2n) is 3.63. The average molecular weight is 248 g/mol. The lowest BCUT2D eigenvalue weighted by atomic mass is 10.1. The Kier molecular flexibility index (Phi) is 5.23. The first kappa shape index (κ1) is 14.1. The number of imide groups is 1. The third-order valence-corrected chi connectivity index (χ3v) is 2.28. The monoisotopic (exact) mass is 248 g/mol. The molecule has 2 amide bonds. The van der Waals surface area contributed by atoms with Crippen LogP contribution in [0.15, 0.2) is 30.3 Å². The van der Waals surface area contributed by atoms with Crippen molar-refractivity contribution in [1.29, 1.82) is 0 Å². The highest BCUT2D eigenvalue weighted by molar-refractivity contribution is 6.14. The summed E-state index contributed by atoms with van der Waals surface area (Å²) in [6, 6.07) is 6.87. The van der Waals surface area contributed by atoms with Gasteiger partial charge in [-0.25, -0.2) is 4.90 Å². The third-order valence-electron chi connectivity index (χ3n) is 2.28. The molecular weight excluding hydrogens is 232 g/mol. The number of aliphatic hydroxyl groups is 1. The summed E-state index contributed by atoms with van der Waals surface area (Å²) in [5, 5.41) is 8.70. The van der Waals surface area contributed by atoms with Gasteiger partial charge < -0.3 is 10.8 Å². The van der Waals surface area contributed by atoms with Crippen LogP contribution in [-0.2, 0) is 9.59 Å². The van der Waals surface area contributed by atoms with Crippen molar-refractivity contribution in [1.82, 2.24) is 0 Å². The van der Waals surface area contributed by atoms with Gasteiger partial charge in [-0.15, -0.1) is 0 Å². The van der Waals surface area contributed by atoms with Crippen LogP contribution < -0.4 is 10.6 Å². The van der Waals surface area contributed by atoms with Crippen molar-refractivity contribution in [3.05, 3.63) is 35.9 Å². The summed E-state index contributed by atoms with van der Waals surface area (Å²) in [5.74, 6) is -0.834. The number of nitrogens with zero attached hydrogens (tertiary/aromatic N) is 1. The van der Waals surface area contributed by atoms with Crippen molar-refractivity contribution in [3.63, 3.8) is 0 Å². The van der Waals surface area contributed by atoms with Gasteiger partial charge in [-0.3, -0.25) is 9.59 Å². The van der Waals surface area contributed by atoms with Crippen molar-refractivity contribution in [2.45, 2.75) is 6.92 Å². The van der Waals surface area contributed by atoms with E-state index in [2.05, 4.69) is 0 Å². The highest BCUT2D eigenvalue weighted by Crippen LogP contribution is 2.17. The first-order chi connectivity index (χ1) is 8.60. The maximum absolute atomic E-state index is 11.6. The van der Waals surface area contributed by atoms with Gasteiger partial charge in [0.15, 0.2) is 0 Å². The molecule has 0 aliphatic carbocycles. The maximum atomic E-state index is 11.6. The molecule has 5 heteroatoms. The number of hydrogen-bond acceptors (Lipinski definition) is 4. The highest BCUT2D eigenvalue weighted by Gasteiger charge is 2.18. The lowest BCUT2D eigenvalue weighted by Gasteiger charge is -2.18. The van der Waals surface area contributed by atoms with Crippen LogP contribution in [0.1, 0.15) is 12.5 Å². The molecule has 1 rings (SSSR count). The molecule has 0 spiro atoms. The lowest BCUT2D eigenvalue weighted by molar-refractivity contribution is -0.124. The van der Waals surface area contributed by atoms with E-state index in [9.17, 15) is 9.59 Å². The summed E-state index contributed by atoms with van der Waals surface area (Å²) >= 11 is 0. The summed E-state index contributed by atoms with van der Waals surface area (Å²) in [4.78, 5) is 24.1. The normalized spacial score (nSPS) is 10.6. The van der Waals surface area contributed by atoms with Gasteiger partial charge in [-0.1, -0.05) is 24.3 Å². The quantitative estimate of drug-likeness (QED) is 0.814. The number of amides is 2. The van der Waals surface area contributed by atoms with E-state index in [0.717, 1.165) is 10.5 Å². The molecule has 96 valence electrons. The van der Waals surface area contributed by atoms with E-state index in [0.29, 0.717) is 5.69 Å². The first-order valence-corrected chi connectivity index (χ1v) is 5.51. The largest absolute Gasteiger partial charge is 0.392 e. The highest BCUT2D eigenvalue weighted by atomic mass is 16.2.